The predicted octanol–water partition coefficient (Wildman–Crippen LogP) is -0.317. The van der Waals surface area contributed by atoms with Crippen LogP contribution in [-0.4, -0.2) is 56.6 Å². The van der Waals surface area contributed by atoms with E-state index in [2.05, 4.69) is 10.3 Å². The van der Waals surface area contributed by atoms with Crippen LogP contribution >= 0.6 is 0 Å². The number of aryl methyl sites for hydroxylation is 1. The van der Waals surface area contributed by atoms with Gasteiger partial charge in [-0.05, 0) is 25.7 Å². The number of hydrogen-bond acceptors (Lipinski definition) is 5. The summed E-state index contributed by atoms with van der Waals surface area (Å²) in [7, 11) is 1.54. The summed E-state index contributed by atoms with van der Waals surface area (Å²) in [5.74, 6) is -0.480. The Kier molecular flexibility index (Phi) is 6.32. The molecular formula is C14H25N3O4. The third-order valence-corrected chi connectivity index (χ3v) is 4.08. The molecule has 0 aliphatic rings. The molecule has 0 spiro atoms. The number of carbonyl (C=O) groups excluding carboxylic acids is 1. The molecule has 120 valence electrons. The topological polar surface area (TPSA) is 108 Å². The van der Waals surface area contributed by atoms with Gasteiger partial charge in [0.15, 0.2) is 0 Å². The van der Waals surface area contributed by atoms with E-state index in [-0.39, 0.29) is 25.0 Å². The standard InChI is InChI=1S/C14H25N3O4/c1-10(4-7-18)14(21,8-19)5-6-17-9-16-12(11(17)2)13(20)15-3/h9-10,18-19,21H,4-8H2,1-3H3,(H,15,20)/t10?,14-/m1/s1. The quantitative estimate of drug-likeness (QED) is 0.526. The first-order chi connectivity index (χ1) is 9.89. The fourth-order valence-corrected chi connectivity index (χ4v) is 2.27. The van der Waals surface area contributed by atoms with E-state index >= 15 is 0 Å². The number of aliphatic hydroxyl groups is 3. The van der Waals surface area contributed by atoms with E-state index < -0.39 is 5.60 Å². The highest BCUT2D eigenvalue weighted by Gasteiger charge is 2.32. The van der Waals surface area contributed by atoms with Gasteiger partial charge < -0.3 is 25.2 Å². The van der Waals surface area contributed by atoms with Crippen LogP contribution in [0.15, 0.2) is 6.33 Å². The van der Waals surface area contributed by atoms with Crippen LogP contribution in [0.3, 0.4) is 0 Å². The van der Waals surface area contributed by atoms with Crippen LogP contribution in [-0.2, 0) is 6.54 Å². The number of rotatable bonds is 8. The molecule has 1 aromatic rings. The number of amides is 1. The summed E-state index contributed by atoms with van der Waals surface area (Å²) in [5, 5.41) is 31.4. The van der Waals surface area contributed by atoms with Crippen LogP contribution in [0.5, 0.6) is 0 Å². The Labute approximate surface area is 124 Å². The van der Waals surface area contributed by atoms with Gasteiger partial charge in [-0.25, -0.2) is 4.98 Å². The van der Waals surface area contributed by atoms with Crippen LogP contribution in [0.1, 0.15) is 35.9 Å². The molecule has 7 nitrogen and oxygen atoms in total. The van der Waals surface area contributed by atoms with Crippen molar-refractivity contribution in [1.82, 2.24) is 14.9 Å². The second-order valence-electron chi connectivity index (χ2n) is 5.38. The molecule has 0 saturated heterocycles. The van der Waals surface area contributed by atoms with Crippen molar-refractivity contribution in [3.05, 3.63) is 17.7 Å². The zero-order chi connectivity index (χ0) is 16.0. The Hall–Kier alpha value is -1.44. The Morgan fingerprint density at radius 3 is 2.71 bits per heavy atom. The van der Waals surface area contributed by atoms with Crippen molar-refractivity contribution < 1.29 is 20.1 Å². The van der Waals surface area contributed by atoms with E-state index in [1.54, 1.807) is 31.8 Å². The monoisotopic (exact) mass is 299 g/mol. The zero-order valence-electron chi connectivity index (χ0n) is 12.8. The van der Waals surface area contributed by atoms with Gasteiger partial charge in [0.05, 0.1) is 18.5 Å². The van der Waals surface area contributed by atoms with E-state index in [0.29, 0.717) is 30.8 Å². The number of nitrogens with zero attached hydrogens (tertiary/aromatic N) is 2. The van der Waals surface area contributed by atoms with Gasteiger partial charge in [0.1, 0.15) is 5.69 Å². The van der Waals surface area contributed by atoms with Gasteiger partial charge in [0, 0.05) is 25.9 Å². The minimum atomic E-state index is -1.26. The van der Waals surface area contributed by atoms with Crippen LogP contribution < -0.4 is 5.32 Å². The number of aromatic nitrogens is 2. The Morgan fingerprint density at radius 2 is 2.19 bits per heavy atom. The SMILES string of the molecule is CNC(=O)c1ncn(CC[C@@](O)(CO)C(C)CCO)c1C. The van der Waals surface area contributed by atoms with Crippen molar-refractivity contribution in [2.45, 2.75) is 38.8 Å². The Morgan fingerprint density at radius 1 is 1.52 bits per heavy atom. The first kappa shape index (κ1) is 17.6. The third-order valence-electron chi connectivity index (χ3n) is 4.08. The molecule has 21 heavy (non-hydrogen) atoms. The predicted molar refractivity (Wildman–Crippen MR) is 77.9 cm³/mol. The lowest BCUT2D eigenvalue weighted by Crippen LogP contribution is -2.41. The molecule has 1 aromatic heterocycles. The number of aliphatic hydroxyl groups excluding tert-OH is 2. The average Bonchev–Trinajstić information content (AvgIpc) is 2.85. The molecule has 0 saturated carbocycles. The summed E-state index contributed by atoms with van der Waals surface area (Å²) in [6, 6.07) is 0. The molecular weight excluding hydrogens is 274 g/mol. The first-order valence-corrected chi connectivity index (χ1v) is 7.07. The van der Waals surface area contributed by atoms with Gasteiger partial charge in [-0.2, -0.15) is 0 Å². The summed E-state index contributed by atoms with van der Waals surface area (Å²) in [5.41, 5.74) is -0.190. The highest BCUT2D eigenvalue weighted by Crippen LogP contribution is 2.25. The summed E-state index contributed by atoms with van der Waals surface area (Å²) in [4.78, 5) is 15.7. The molecule has 0 aromatic carbocycles. The molecule has 0 bridgehead atoms. The molecule has 1 amide bonds. The van der Waals surface area contributed by atoms with E-state index in [1.165, 1.54) is 0 Å². The average molecular weight is 299 g/mol. The zero-order valence-corrected chi connectivity index (χ0v) is 12.8. The lowest BCUT2D eigenvalue weighted by molar-refractivity contribution is -0.0708. The Bertz CT molecular complexity index is 475. The van der Waals surface area contributed by atoms with Crippen molar-refractivity contribution in [3.63, 3.8) is 0 Å². The van der Waals surface area contributed by atoms with Gasteiger partial charge in [0.25, 0.3) is 5.91 Å². The van der Waals surface area contributed by atoms with Gasteiger partial charge in [-0.1, -0.05) is 6.92 Å². The maximum Gasteiger partial charge on any atom is 0.271 e. The van der Waals surface area contributed by atoms with Crippen LogP contribution in [0.2, 0.25) is 0 Å². The largest absolute Gasteiger partial charge is 0.396 e. The van der Waals surface area contributed by atoms with Gasteiger partial charge >= 0.3 is 0 Å². The molecule has 0 aliphatic heterocycles. The molecule has 0 aliphatic carbocycles. The minimum Gasteiger partial charge on any atom is -0.396 e. The fourth-order valence-electron chi connectivity index (χ4n) is 2.27. The summed E-state index contributed by atoms with van der Waals surface area (Å²) < 4.78 is 1.77. The molecule has 0 fully saturated rings. The minimum absolute atomic E-state index is 0.0333. The van der Waals surface area contributed by atoms with Crippen LogP contribution in [0.25, 0.3) is 0 Å². The maximum absolute atomic E-state index is 11.6. The van der Waals surface area contributed by atoms with E-state index in [9.17, 15) is 15.0 Å². The molecule has 0 radical (unpaired) electrons. The Balaban J connectivity index is 2.78. The van der Waals surface area contributed by atoms with Crippen LogP contribution in [0, 0.1) is 12.8 Å². The maximum atomic E-state index is 11.6. The van der Waals surface area contributed by atoms with Crippen molar-refractivity contribution in [1.29, 1.82) is 0 Å². The highest BCUT2D eigenvalue weighted by atomic mass is 16.3. The van der Waals surface area contributed by atoms with Gasteiger partial charge in [0.2, 0.25) is 0 Å². The van der Waals surface area contributed by atoms with Crippen molar-refractivity contribution >= 4 is 5.91 Å². The summed E-state index contributed by atoms with van der Waals surface area (Å²) >= 11 is 0. The van der Waals surface area contributed by atoms with Crippen molar-refractivity contribution in [3.8, 4) is 0 Å². The molecule has 1 heterocycles. The number of hydrogen-bond donors (Lipinski definition) is 4. The molecule has 1 unspecified atom stereocenters. The normalized spacial score (nSPS) is 15.5. The van der Waals surface area contributed by atoms with E-state index in [0.717, 1.165) is 0 Å². The second kappa shape index (κ2) is 7.53. The van der Waals surface area contributed by atoms with Crippen LogP contribution in [0.4, 0.5) is 0 Å². The highest BCUT2D eigenvalue weighted by molar-refractivity contribution is 5.93. The first-order valence-electron chi connectivity index (χ1n) is 7.07. The number of nitrogens with one attached hydrogen (secondary N) is 1. The molecule has 4 N–H and O–H groups in total. The smallest absolute Gasteiger partial charge is 0.271 e. The van der Waals surface area contributed by atoms with E-state index in [1.807, 2.05) is 0 Å². The fraction of sp³-hybridized carbons (Fsp3) is 0.714. The number of carbonyl (C=O) groups is 1. The summed E-state index contributed by atoms with van der Waals surface area (Å²) in [6.45, 7) is 3.61. The molecule has 1 rings (SSSR count). The van der Waals surface area contributed by atoms with Gasteiger partial charge in [-0.3, -0.25) is 4.79 Å². The molecule has 2 atom stereocenters. The lowest BCUT2D eigenvalue weighted by atomic mass is 9.84. The van der Waals surface area contributed by atoms with Gasteiger partial charge in [-0.15, -0.1) is 0 Å². The van der Waals surface area contributed by atoms with Crippen molar-refractivity contribution in [2.75, 3.05) is 20.3 Å². The molecule has 7 heteroatoms. The third kappa shape index (κ3) is 4.03. The second-order valence-corrected chi connectivity index (χ2v) is 5.38. The summed E-state index contributed by atoms with van der Waals surface area (Å²) in [6.07, 6.45) is 2.28. The van der Waals surface area contributed by atoms with Crippen molar-refractivity contribution in [2.24, 2.45) is 5.92 Å². The van der Waals surface area contributed by atoms with E-state index in [4.69, 9.17) is 5.11 Å². The lowest BCUT2D eigenvalue weighted by Gasteiger charge is -2.32. The number of imidazole rings is 1.